The first-order valence-electron chi connectivity index (χ1n) is 6.82. The largest absolute Gasteiger partial charge is 0.329 e. The molecule has 1 heterocycles. The molecule has 0 radical (unpaired) electrons. The highest BCUT2D eigenvalue weighted by Crippen LogP contribution is 2.32. The van der Waals surface area contributed by atoms with E-state index in [9.17, 15) is 0 Å². The first-order valence-corrected chi connectivity index (χ1v) is 7.61. The number of nitrogens with two attached hydrogens (primary N) is 1. The van der Waals surface area contributed by atoms with Crippen LogP contribution in [0, 0.1) is 11.8 Å². The van der Waals surface area contributed by atoms with Gasteiger partial charge in [0.25, 0.3) is 0 Å². The maximum atomic E-state index is 6.02. The van der Waals surface area contributed by atoms with E-state index in [1.54, 1.807) is 0 Å². The normalized spacial score (nSPS) is 27.1. The number of nitrogens with zero attached hydrogens (tertiary/aromatic N) is 1. The molecule has 1 aliphatic heterocycles. The number of hydrogen-bond donors (Lipinski definition) is 1. The number of piperidine rings is 1. The zero-order chi connectivity index (χ0) is 13.1. The van der Waals surface area contributed by atoms with Gasteiger partial charge in [0, 0.05) is 23.6 Å². The molecule has 3 unspecified atom stereocenters. The van der Waals surface area contributed by atoms with Gasteiger partial charge in [-0.05, 0) is 36.4 Å². The van der Waals surface area contributed by atoms with Crippen LogP contribution in [0.3, 0.4) is 0 Å². The van der Waals surface area contributed by atoms with Crippen molar-refractivity contribution in [3.05, 3.63) is 34.3 Å². The topological polar surface area (TPSA) is 29.3 Å². The van der Waals surface area contributed by atoms with Crippen molar-refractivity contribution in [2.45, 2.75) is 26.3 Å². The molecule has 1 aromatic carbocycles. The average molecular weight is 311 g/mol. The van der Waals surface area contributed by atoms with E-state index < -0.39 is 0 Å². The Morgan fingerprint density at radius 3 is 2.67 bits per heavy atom. The summed E-state index contributed by atoms with van der Waals surface area (Å²) in [6.45, 7) is 7.71. The third-order valence-electron chi connectivity index (χ3n) is 4.29. The van der Waals surface area contributed by atoms with E-state index in [1.807, 2.05) is 0 Å². The summed E-state index contributed by atoms with van der Waals surface area (Å²) < 4.78 is 1.17. The minimum absolute atomic E-state index is 0.343. The second-order valence-corrected chi connectivity index (χ2v) is 6.37. The van der Waals surface area contributed by atoms with Crippen molar-refractivity contribution in [1.82, 2.24) is 4.90 Å². The quantitative estimate of drug-likeness (QED) is 0.927. The van der Waals surface area contributed by atoms with Crippen molar-refractivity contribution in [1.29, 1.82) is 0 Å². The summed E-state index contributed by atoms with van der Waals surface area (Å²) in [6.07, 6.45) is 1.28. The molecule has 100 valence electrons. The van der Waals surface area contributed by atoms with Gasteiger partial charge in [0.05, 0.1) is 0 Å². The van der Waals surface area contributed by atoms with Gasteiger partial charge < -0.3 is 5.73 Å². The van der Waals surface area contributed by atoms with Gasteiger partial charge >= 0.3 is 0 Å². The molecular weight excluding hydrogens is 288 g/mol. The van der Waals surface area contributed by atoms with Gasteiger partial charge in [0.1, 0.15) is 0 Å². The van der Waals surface area contributed by atoms with Gasteiger partial charge in [-0.2, -0.15) is 0 Å². The van der Waals surface area contributed by atoms with Crippen LogP contribution in [0.4, 0.5) is 0 Å². The van der Waals surface area contributed by atoms with E-state index in [0.29, 0.717) is 12.6 Å². The van der Waals surface area contributed by atoms with Gasteiger partial charge in [-0.3, -0.25) is 4.90 Å². The lowest BCUT2D eigenvalue weighted by Crippen LogP contribution is -2.43. The average Bonchev–Trinajstić information content (AvgIpc) is 2.37. The minimum Gasteiger partial charge on any atom is -0.329 e. The highest BCUT2D eigenvalue weighted by atomic mass is 79.9. The number of halogens is 1. The van der Waals surface area contributed by atoms with Crippen molar-refractivity contribution < 1.29 is 0 Å². The molecule has 2 nitrogen and oxygen atoms in total. The van der Waals surface area contributed by atoms with E-state index in [1.165, 1.54) is 16.5 Å². The predicted molar refractivity (Wildman–Crippen MR) is 80.5 cm³/mol. The molecule has 3 heteroatoms. The first-order chi connectivity index (χ1) is 8.63. The van der Waals surface area contributed by atoms with E-state index in [4.69, 9.17) is 5.73 Å². The zero-order valence-electron chi connectivity index (χ0n) is 11.3. The summed E-state index contributed by atoms with van der Waals surface area (Å²) in [5, 5.41) is 0. The van der Waals surface area contributed by atoms with Crippen LogP contribution < -0.4 is 5.73 Å². The van der Waals surface area contributed by atoms with E-state index in [-0.39, 0.29) is 0 Å². The minimum atomic E-state index is 0.343. The molecule has 0 aliphatic carbocycles. The Balaban J connectivity index is 2.17. The molecule has 0 spiro atoms. The van der Waals surface area contributed by atoms with Crippen molar-refractivity contribution in [2.75, 3.05) is 19.6 Å². The van der Waals surface area contributed by atoms with Gasteiger partial charge in [0.15, 0.2) is 0 Å². The summed E-state index contributed by atoms with van der Waals surface area (Å²) in [7, 11) is 0. The lowest BCUT2D eigenvalue weighted by Gasteiger charge is -2.40. The first kappa shape index (κ1) is 14.0. The summed E-state index contributed by atoms with van der Waals surface area (Å²) in [5.41, 5.74) is 7.34. The van der Waals surface area contributed by atoms with E-state index >= 15 is 0 Å². The molecular formula is C15H23BrN2. The van der Waals surface area contributed by atoms with Crippen LogP contribution in [-0.4, -0.2) is 24.5 Å². The van der Waals surface area contributed by atoms with E-state index in [2.05, 4.69) is 58.9 Å². The van der Waals surface area contributed by atoms with Crippen LogP contribution in [0.15, 0.2) is 28.7 Å². The SMILES string of the molecule is CC1CCN(C(CN)c2ccccc2Br)CC1C. The third-order valence-corrected chi connectivity index (χ3v) is 5.02. The monoisotopic (exact) mass is 310 g/mol. The Hall–Kier alpha value is -0.380. The molecule has 3 atom stereocenters. The number of hydrogen-bond acceptors (Lipinski definition) is 2. The fourth-order valence-electron chi connectivity index (χ4n) is 2.80. The van der Waals surface area contributed by atoms with Gasteiger partial charge in [-0.1, -0.05) is 48.0 Å². The summed E-state index contributed by atoms with van der Waals surface area (Å²) in [4.78, 5) is 2.55. The van der Waals surface area contributed by atoms with Crippen LogP contribution in [0.25, 0.3) is 0 Å². The van der Waals surface area contributed by atoms with E-state index in [0.717, 1.165) is 24.9 Å². The molecule has 1 aromatic rings. The number of benzene rings is 1. The molecule has 2 rings (SSSR count). The van der Waals surface area contributed by atoms with Crippen LogP contribution >= 0.6 is 15.9 Å². The molecule has 0 bridgehead atoms. The maximum Gasteiger partial charge on any atom is 0.0481 e. The Kier molecular flexibility index (Phi) is 4.82. The maximum absolute atomic E-state index is 6.02. The fraction of sp³-hybridized carbons (Fsp3) is 0.600. The van der Waals surface area contributed by atoms with Crippen molar-refractivity contribution in [3.8, 4) is 0 Å². The Morgan fingerprint density at radius 2 is 2.06 bits per heavy atom. The molecule has 1 aliphatic rings. The number of likely N-dealkylation sites (tertiary alicyclic amines) is 1. The van der Waals surface area contributed by atoms with Crippen molar-refractivity contribution >= 4 is 15.9 Å². The molecule has 0 amide bonds. The molecule has 1 saturated heterocycles. The van der Waals surface area contributed by atoms with Gasteiger partial charge in [-0.15, -0.1) is 0 Å². The second kappa shape index (κ2) is 6.18. The van der Waals surface area contributed by atoms with Crippen LogP contribution in [0.5, 0.6) is 0 Å². The number of rotatable bonds is 3. The molecule has 18 heavy (non-hydrogen) atoms. The lowest BCUT2D eigenvalue weighted by atomic mass is 9.87. The van der Waals surface area contributed by atoms with Crippen molar-refractivity contribution in [3.63, 3.8) is 0 Å². The van der Waals surface area contributed by atoms with Gasteiger partial charge in [-0.25, -0.2) is 0 Å². The Morgan fingerprint density at radius 1 is 1.33 bits per heavy atom. The molecule has 2 N–H and O–H groups in total. The van der Waals surface area contributed by atoms with Crippen LogP contribution in [0.2, 0.25) is 0 Å². The standard InChI is InChI=1S/C15H23BrN2/c1-11-7-8-18(10-12(11)2)15(9-17)13-5-3-4-6-14(13)16/h3-6,11-12,15H,7-10,17H2,1-2H3. The molecule has 1 fully saturated rings. The van der Waals surface area contributed by atoms with Gasteiger partial charge in [0.2, 0.25) is 0 Å². The highest BCUT2D eigenvalue weighted by Gasteiger charge is 2.28. The smallest absolute Gasteiger partial charge is 0.0481 e. The predicted octanol–water partition coefficient (Wildman–Crippen LogP) is 3.43. The van der Waals surface area contributed by atoms with Crippen molar-refractivity contribution in [2.24, 2.45) is 17.6 Å². The summed E-state index contributed by atoms with van der Waals surface area (Å²) in [5.74, 6) is 1.59. The Bertz CT molecular complexity index is 394. The third kappa shape index (κ3) is 2.95. The summed E-state index contributed by atoms with van der Waals surface area (Å²) in [6, 6.07) is 8.79. The highest BCUT2D eigenvalue weighted by molar-refractivity contribution is 9.10. The zero-order valence-corrected chi connectivity index (χ0v) is 12.9. The Labute approximate surface area is 119 Å². The molecule has 0 saturated carbocycles. The molecule has 0 aromatic heterocycles. The fourth-order valence-corrected chi connectivity index (χ4v) is 3.35. The summed E-state index contributed by atoms with van der Waals surface area (Å²) >= 11 is 3.65. The second-order valence-electron chi connectivity index (χ2n) is 5.51. The van der Waals surface area contributed by atoms with Crippen LogP contribution in [0.1, 0.15) is 31.9 Å². The lowest BCUT2D eigenvalue weighted by molar-refractivity contribution is 0.0980. The van der Waals surface area contributed by atoms with Crippen LogP contribution in [-0.2, 0) is 0 Å².